The van der Waals surface area contributed by atoms with Crippen LogP contribution in [-0.2, 0) is 4.79 Å². The molecule has 5 heteroatoms. The first-order chi connectivity index (χ1) is 14.2. The van der Waals surface area contributed by atoms with Crippen LogP contribution >= 0.6 is 0 Å². The molecule has 5 nitrogen and oxygen atoms in total. The SMILES string of the molecule is O=C(NCC1CC2C=CC1C2)c1cccc(OC2CCN(C(=O)C3CC3)CC2)c1. The summed E-state index contributed by atoms with van der Waals surface area (Å²) in [6.07, 6.45) is 11.0. The zero-order valence-corrected chi connectivity index (χ0v) is 16.9. The van der Waals surface area contributed by atoms with Crippen LogP contribution in [0.25, 0.3) is 0 Å². The van der Waals surface area contributed by atoms with Gasteiger partial charge < -0.3 is 15.0 Å². The number of benzene rings is 1. The lowest BCUT2D eigenvalue weighted by Gasteiger charge is -2.32. The minimum atomic E-state index is -0.0212. The van der Waals surface area contributed by atoms with Crippen molar-refractivity contribution in [3.63, 3.8) is 0 Å². The van der Waals surface area contributed by atoms with E-state index in [0.29, 0.717) is 23.3 Å². The monoisotopic (exact) mass is 394 g/mol. The molecule has 3 fully saturated rings. The van der Waals surface area contributed by atoms with Crippen LogP contribution in [0.4, 0.5) is 0 Å². The molecule has 3 unspecified atom stereocenters. The van der Waals surface area contributed by atoms with Crippen LogP contribution in [0.5, 0.6) is 5.75 Å². The second-order valence-electron chi connectivity index (χ2n) is 9.19. The van der Waals surface area contributed by atoms with Gasteiger partial charge in [-0.25, -0.2) is 0 Å². The predicted octanol–water partition coefficient (Wildman–Crippen LogP) is 3.41. The van der Waals surface area contributed by atoms with E-state index in [1.54, 1.807) is 0 Å². The molecule has 29 heavy (non-hydrogen) atoms. The Bertz CT molecular complexity index is 808. The van der Waals surface area contributed by atoms with Crippen molar-refractivity contribution in [2.75, 3.05) is 19.6 Å². The van der Waals surface area contributed by atoms with E-state index >= 15 is 0 Å². The molecule has 1 saturated heterocycles. The number of nitrogens with one attached hydrogen (secondary N) is 1. The molecule has 0 radical (unpaired) electrons. The fraction of sp³-hybridized carbons (Fsp3) is 0.583. The summed E-state index contributed by atoms with van der Waals surface area (Å²) in [5.41, 5.74) is 0.655. The number of ether oxygens (including phenoxy) is 1. The molecule has 154 valence electrons. The van der Waals surface area contributed by atoms with Gasteiger partial charge in [0, 0.05) is 44.0 Å². The third-order valence-corrected chi connectivity index (χ3v) is 7.02. The standard InChI is InChI=1S/C24H30N2O3/c27-23(25-15-20-13-16-4-5-18(20)12-16)19-2-1-3-22(14-19)29-21-8-10-26(11-9-21)24(28)17-6-7-17/h1-5,14,16-18,20-21H,6-13,15H2,(H,25,27). The first-order valence-corrected chi connectivity index (χ1v) is 11.2. The van der Waals surface area contributed by atoms with E-state index in [4.69, 9.17) is 4.74 Å². The average molecular weight is 395 g/mol. The van der Waals surface area contributed by atoms with Gasteiger partial charge in [0.2, 0.25) is 5.91 Å². The zero-order valence-electron chi connectivity index (χ0n) is 16.9. The van der Waals surface area contributed by atoms with Crippen molar-refractivity contribution in [2.45, 2.75) is 44.6 Å². The van der Waals surface area contributed by atoms with Crippen molar-refractivity contribution >= 4 is 11.8 Å². The molecule has 3 aliphatic carbocycles. The summed E-state index contributed by atoms with van der Waals surface area (Å²) in [7, 11) is 0. The highest BCUT2D eigenvalue weighted by atomic mass is 16.5. The van der Waals surface area contributed by atoms with E-state index in [2.05, 4.69) is 17.5 Å². The first kappa shape index (κ1) is 18.7. The summed E-state index contributed by atoms with van der Waals surface area (Å²) in [6.45, 7) is 2.30. The van der Waals surface area contributed by atoms with Crippen LogP contribution in [0.15, 0.2) is 36.4 Å². The van der Waals surface area contributed by atoms with Gasteiger partial charge in [-0.1, -0.05) is 18.2 Å². The molecule has 1 aliphatic heterocycles. The van der Waals surface area contributed by atoms with Crippen molar-refractivity contribution in [3.8, 4) is 5.75 Å². The Morgan fingerprint density at radius 1 is 1.07 bits per heavy atom. The van der Waals surface area contributed by atoms with E-state index < -0.39 is 0 Å². The second kappa shape index (κ2) is 7.85. The average Bonchev–Trinajstić information content (AvgIpc) is 3.39. The van der Waals surface area contributed by atoms with Crippen LogP contribution in [-0.4, -0.2) is 42.5 Å². The van der Waals surface area contributed by atoms with E-state index in [0.717, 1.165) is 57.0 Å². The number of carbonyl (C=O) groups excluding carboxylic acids is 2. The molecule has 0 spiro atoms. The Hall–Kier alpha value is -2.30. The van der Waals surface area contributed by atoms with Gasteiger partial charge >= 0.3 is 0 Å². The molecule has 4 aliphatic rings. The third kappa shape index (κ3) is 4.19. The Morgan fingerprint density at radius 2 is 1.90 bits per heavy atom. The lowest BCUT2D eigenvalue weighted by atomic mass is 9.93. The summed E-state index contributed by atoms with van der Waals surface area (Å²) >= 11 is 0. The molecule has 0 aromatic heterocycles. The maximum Gasteiger partial charge on any atom is 0.251 e. The van der Waals surface area contributed by atoms with Gasteiger partial charge in [-0.3, -0.25) is 9.59 Å². The van der Waals surface area contributed by atoms with Crippen LogP contribution < -0.4 is 10.1 Å². The number of carbonyl (C=O) groups is 2. The molecule has 3 atom stereocenters. The minimum absolute atomic E-state index is 0.0212. The largest absolute Gasteiger partial charge is 0.490 e. The molecule has 1 heterocycles. The lowest BCUT2D eigenvalue weighted by molar-refractivity contribution is -0.134. The summed E-state index contributed by atoms with van der Waals surface area (Å²) < 4.78 is 6.14. The van der Waals surface area contributed by atoms with Crippen molar-refractivity contribution < 1.29 is 14.3 Å². The number of hydrogen-bond donors (Lipinski definition) is 1. The topological polar surface area (TPSA) is 58.6 Å². The lowest BCUT2D eigenvalue weighted by Crippen LogP contribution is -2.42. The van der Waals surface area contributed by atoms with Gasteiger partial charge in [0.05, 0.1) is 0 Å². The number of hydrogen-bond acceptors (Lipinski definition) is 3. The van der Waals surface area contributed by atoms with Gasteiger partial charge in [-0.05, 0) is 61.6 Å². The fourth-order valence-electron chi connectivity index (χ4n) is 5.14. The molecule has 2 saturated carbocycles. The Morgan fingerprint density at radius 3 is 2.59 bits per heavy atom. The van der Waals surface area contributed by atoms with Gasteiger partial charge in [-0.15, -0.1) is 0 Å². The second-order valence-corrected chi connectivity index (χ2v) is 9.19. The molecule has 1 N–H and O–H groups in total. The molecule has 5 rings (SSSR count). The van der Waals surface area contributed by atoms with E-state index in [-0.39, 0.29) is 17.9 Å². The number of fused-ring (bicyclic) bond motifs is 2. The molecule has 2 amide bonds. The summed E-state index contributed by atoms with van der Waals surface area (Å²) in [4.78, 5) is 26.8. The van der Waals surface area contributed by atoms with Crippen LogP contribution in [0, 0.1) is 23.7 Å². The predicted molar refractivity (Wildman–Crippen MR) is 111 cm³/mol. The van der Waals surface area contributed by atoms with Crippen LogP contribution in [0.1, 0.15) is 48.9 Å². The smallest absolute Gasteiger partial charge is 0.251 e. The van der Waals surface area contributed by atoms with Gasteiger partial charge in [0.1, 0.15) is 11.9 Å². The molecular weight excluding hydrogens is 364 g/mol. The number of allylic oxidation sites excluding steroid dienone is 2. The Labute approximate surface area is 172 Å². The van der Waals surface area contributed by atoms with Gasteiger partial charge in [-0.2, -0.15) is 0 Å². The van der Waals surface area contributed by atoms with Crippen molar-refractivity contribution in [1.29, 1.82) is 0 Å². The number of rotatable bonds is 6. The molecule has 1 aromatic rings. The quantitative estimate of drug-likeness (QED) is 0.753. The van der Waals surface area contributed by atoms with Crippen molar-refractivity contribution in [2.24, 2.45) is 23.7 Å². The van der Waals surface area contributed by atoms with E-state index in [1.165, 1.54) is 12.8 Å². The van der Waals surface area contributed by atoms with Gasteiger partial charge in [0.25, 0.3) is 5.91 Å². The van der Waals surface area contributed by atoms with Crippen LogP contribution in [0.2, 0.25) is 0 Å². The molecular formula is C24H30N2O3. The minimum Gasteiger partial charge on any atom is -0.490 e. The first-order valence-electron chi connectivity index (χ1n) is 11.2. The zero-order chi connectivity index (χ0) is 19.8. The number of nitrogens with zero attached hydrogens (tertiary/aromatic N) is 1. The Balaban J connectivity index is 1.11. The maximum atomic E-state index is 12.6. The highest BCUT2D eigenvalue weighted by molar-refractivity contribution is 5.94. The van der Waals surface area contributed by atoms with Crippen LogP contribution in [0.3, 0.4) is 0 Å². The number of piperidine rings is 1. The third-order valence-electron chi connectivity index (χ3n) is 7.02. The Kier molecular flexibility index (Phi) is 5.06. The molecule has 1 aromatic carbocycles. The maximum absolute atomic E-state index is 12.6. The normalized spacial score (nSPS) is 28.6. The fourth-order valence-corrected chi connectivity index (χ4v) is 5.14. The van der Waals surface area contributed by atoms with Crippen molar-refractivity contribution in [1.82, 2.24) is 10.2 Å². The van der Waals surface area contributed by atoms with E-state index in [1.807, 2.05) is 29.2 Å². The van der Waals surface area contributed by atoms with Gasteiger partial charge in [0.15, 0.2) is 0 Å². The summed E-state index contributed by atoms with van der Waals surface area (Å²) in [5, 5.41) is 3.12. The summed E-state index contributed by atoms with van der Waals surface area (Å²) in [6, 6.07) is 7.49. The summed E-state index contributed by atoms with van der Waals surface area (Å²) in [5.74, 6) is 3.29. The van der Waals surface area contributed by atoms with Crippen molar-refractivity contribution in [3.05, 3.63) is 42.0 Å². The number of likely N-dealkylation sites (tertiary alicyclic amines) is 1. The molecule has 2 bridgehead atoms. The van der Waals surface area contributed by atoms with E-state index in [9.17, 15) is 9.59 Å². The highest BCUT2D eigenvalue weighted by Crippen LogP contribution is 2.43. The highest BCUT2D eigenvalue weighted by Gasteiger charge is 2.36. The number of amides is 2.